The van der Waals surface area contributed by atoms with E-state index in [1.807, 2.05) is 19.1 Å². The molecule has 0 aliphatic rings. The Bertz CT molecular complexity index is 736. The van der Waals surface area contributed by atoms with Gasteiger partial charge in [-0.3, -0.25) is 0 Å². The van der Waals surface area contributed by atoms with Crippen molar-refractivity contribution in [1.82, 2.24) is 4.72 Å². The summed E-state index contributed by atoms with van der Waals surface area (Å²) < 4.78 is 27.0. The summed E-state index contributed by atoms with van der Waals surface area (Å²) in [7, 11) is -3.56. The van der Waals surface area contributed by atoms with Gasteiger partial charge in [0.05, 0.1) is 4.90 Å². The molecule has 20 heavy (non-hydrogen) atoms. The molecule has 0 bridgehead atoms. The highest BCUT2D eigenvalue weighted by Crippen LogP contribution is 2.16. The van der Waals surface area contributed by atoms with Crippen molar-refractivity contribution in [3.05, 3.63) is 51.7 Å². The highest BCUT2D eigenvalue weighted by Gasteiger charge is 2.15. The molecule has 0 unspecified atom stereocenters. The Morgan fingerprint density at radius 3 is 2.70 bits per heavy atom. The Hall–Kier alpha value is -1.28. The summed E-state index contributed by atoms with van der Waals surface area (Å²) in [5, 5.41) is 0. The lowest BCUT2D eigenvalue weighted by molar-refractivity contribution is 0.582. The van der Waals surface area contributed by atoms with Crippen LogP contribution in [0.5, 0.6) is 0 Å². The van der Waals surface area contributed by atoms with Gasteiger partial charge in [-0.25, -0.2) is 13.1 Å². The van der Waals surface area contributed by atoms with Crippen LogP contribution in [0, 0.1) is 6.92 Å². The highest BCUT2D eigenvalue weighted by molar-refractivity contribution is 7.89. The normalized spacial score (nSPS) is 11.4. The SMILES string of the molecule is Cc1ccc(CNS(=O)(=O)c2cccc(C(N)=S)c2)s1. The third-order valence-electron chi connectivity index (χ3n) is 2.66. The zero-order valence-corrected chi connectivity index (χ0v) is 13.2. The minimum absolute atomic E-state index is 0.163. The van der Waals surface area contributed by atoms with Gasteiger partial charge in [-0.2, -0.15) is 0 Å². The first-order valence-electron chi connectivity index (χ1n) is 5.83. The number of hydrogen-bond acceptors (Lipinski definition) is 4. The Labute approximate surface area is 127 Å². The molecule has 0 aliphatic carbocycles. The fourth-order valence-corrected chi connectivity index (χ4v) is 3.75. The average Bonchev–Trinajstić information content (AvgIpc) is 2.82. The van der Waals surface area contributed by atoms with Crippen LogP contribution in [0.4, 0.5) is 0 Å². The van der Waals surface area contributed by atoms with Crippen molar-refractivity contribution < 1.29 is 8.42 Å². The van der Waals surface area contributed by atoms with E-state index in [9.17, 15) is 8.42 Å². The van der Waals surface area contributed by atoms with Gasteiger partial charge in [0.25, 0.3) is 0 Å². The average molecular weight is 326 g/mol. The van der Waals surface area contributed by atoms with Gasteiger partial charge in [-0.15, -0.1) is 11.3 Å². The molecule has 0 spiro atoms. The van der Waals surface area contributed by atoms with Crippen molar-refractivity contribution in [3.8, 4) is 0 Å². The molecule has 0 aliphatic heterocycles. The smallest absolute Gasteiger partial charge is 0.240 e. The van der Waals surface area contributed by atoms with E-state index in [-0.39, 0.29) is 16.4 Å². The summed E-state index contributed by atoms with van der Waals surface area (Å²) in [6, 6.07) is 10.2. The summed E-state index contributed by atoms with van der Waals surface area (Å²) in [4.78, 5) is 2.46. The third-order valence-corrected chi connectivity index (χ3v) is 5.30. The van der Waals surface area contributed by atoms with Crippen LogP contribution in [0.15, 0.2) is 41.3 Å². The molecule has 1 aromatic carbocycles. The molecule has 1 aromatic heterocycles. The predicted molar refractivity (Wildman–Crippen MR) is 85.4 cm³/mol. The second-order valence-corrected chi connectivity index (χ2v) is 7.81. The van der Waals surface area contributed by atoms with Crippen LogP contribution in [-0.2, 0) is 16.6 Å². The molecule has 2 aromatic rings. The molecule has 0 fully saturated rings. The summed E-state index contributed by atoms with van der Waals surface area (Å²) >= 11 is 6.42. The van der Waals surface area contributed by atoms with Gasteiger partial charge >= 0.3 is 0 Å². The second-order valence-electron chi connectivity index (χ2n) is 4.23. The van der Waals surface area contributed by atoms with Crippen LogP contribution in [-0.4, -0.2) is 13.4 Å². The van der Waals surface area contributed by atoms with Crippen LogP contribution >= 0.6 is 23.6 Å². The highest BCUT2D eigenvalue weighted by atomic mass is 32.2. The number of sulfonamides is 1. The summed E-state index contributed by atoms with van der Waals surface area (Å²) in [5.74, 6) is 0. The molecule has 0 radical (unpaired) electrons. The zero-order valence-electron chi connectivity index (χ0n) is 10.8. The van der Waals surface area contributed by atoms with Crippen molar-refractivity contribution >= 4 is 38.6 Å². The number of hydrogen-bond donors (Lipinski definition) is 2. The maximum atomic E-state index is 12.2. The van der Waals surface area contributed by atoms with Gasteiger partial charge < -0.3 is 5.73 Å². The third kappa shape index (κ3) is 3.63. The van der Waals surface area contributed by atoms with E-state index >= 15 is 0 Å². The molecule has 106 valence electrons. The molecule has 4 nitrogen and oxygen atoms in total. The van der Waals surface area contributed by atoms with Gasteiger partial charge in [-0.05, 0) is 31.2 Å². The number of aryl methyl sites for hydroxylation is 1. The van der Waals surface area contributed by atoms with Gasteiger partial charge in [0.15, 0.2) is 0 Å². The lowest BCUT2D eigenvalue weighted by Crippen LogP contribution is -2.23. The molecule has 0 saturated carbocycles. The van der Waals surface area contributed by atoms with E-state index in [1.165, 1.54) is 12.1 Å². The number of rotatable bonds is 5. The first-order valence-corrected chi connectivity index (χ1v) is 8.54. The quantitative estimate of drug-likeness (QED) is 0.826. The number of nitrogens with one attached hydrogen (secondary N) is 1. The monoisotopic (exact) mass is 326 g/mol. The van der Waals surface area contributed by atoms with Crippen molar-refractivity contribution in [2.75, 3.05) is 0 Å². The standard InChI is InChI=1S/C13H14N2O2S3/c1-9-5-6-11(19-9)8-15-20(16,17)12-4-2-3-10(7-12)13(14)18/h2-7,15H,8H2,1H3,(H2,14,18). The minimum atomic E-state index is -3.56. The minimum Gasteiger partial charge on any atom is -0.389 e. The van der Waals surface area contributed by atoms with E-state index in [4.69, 9.17) is 18.0 Å². The summed E-state index contributed by atoms with van der Waals surface area (Å²) in [6.45, 7) is 2.26. The summed E-state index contributed by atoms with van der Waals surface area (Å²) in [5.41, 5.74) is 6.05. The first-order chi connectivity index (χ1) is 9.38. The van der Waals surface area contributed by atoms with E-state index < -0.39 is 10.0 Å². The number of benzene rings is 1. The van der Waals surface area contributed by atoms with Gasteiger partial charge in [0.1, 0.15) is 4.99 Å². The molecular weight excluding hydrogens is 312 g/mol. The van der Waals surface area contributed by atoms with Crippen molar-refractivity contribution in [2.45, 2.75) is 18.4 Å². The van der Waals surface area contributed by atoms with Crippen LogP contribution in [0.25, 0.3) is 0 Å². The Kier molecular flexibility index (Phi) is 4.54. The molecule has 2 rings (SSSR count). The fraction of sp³-hybridized carbons (Fsp3) is 0.154. The largest absolute Gasteiger partial charge is 0.389 e. The van der Waals surface area contributed by atoms with Gasteiger partial charge in [-0.1, -0.05) is 24.4 Å². The molecule has 0 atom stereocenters. The maximum Gasteiger partial charge on any atom is 0.240 e. The molecule has 0 amide bonds. The number of thiophene rings is 1. The van der Waals surface area contributed by atoms with Crippen molar-refractivity contribution in [2.24, 2.45) is 5.73 Å². The van der Waals surface area contributed by atoms with E-state index in [1.54, 1.807) is 23.5 Å². The molecule has 1 heterocycles. The summed E-state index contributed by atoms with van der Waals surface area (Å²) in [6.07, 6.45) is 0. The lowest BCUT2D eigenvalue weighted by Gasteiger charge is -2.07. The Morgan fingerprint density at radius 1 is 1.35 bits per heavy atom. The van der Waals surface area contributed by atoms with Crippen molar-refractivity contribution in [3.63, 3.8) is 0 Å². The van der Waals surface area contributed by atoms with Crippen molar-refractivity contribution in [1.29, 1.82) is 0 Å². The molecular formula is C13H14N2O2S3. The van der Waals surface area contributed by atoms with Gasteiger partial charge in [0, 0.05) is 21.9 Å². The maximum absolute atomic E-state index is 12.2. The molecule has 0 saturated heterocycles. The van der Waals surface area contributed by atoms with Crippen LogP contribution in [0.1, 0.15) is 15.3 Å². The lowest BCUT2D eigenvalue weighted by atomic mass is 10.2. The second kappa shape index (κ2) is 6.01. The predicted octanol–water partition coefficient (Wildman–Crippen LogP) is 2.17. The van der Waals surface area contributed by atoms with Crippen LogP contribution < -0.4 is 10.5 Å². The van der Waals surface area contributed by atoms with Crippen LogP contribution in [0.2, 0.25) is 0 Å². The number of thiocarbonyl (C=S) groups is 1. The Morgan fingerprint density at radius 2 is 2.10 bits per heavy atom. The van der Waals surface area contributed by atoms with E-state index in [0.717, 1.165) is 9.75 Å². The van der Waals surface area contributed by atoms with E-state index in [2.05, 4.69) is 4.72 Å². The van der Waals surface area contributed by atoms with Gasteiger partial charge in [0.2, 0.25) is 10.0 Å². The van der Waals surface area contributed by atoms with Crippen LogP contribution in [0.3, 0.4) is 0 Å². The topological polar surface area (TPSA) is 72.2 Å². The fourth-order valence-electron chi connectivity index (χ4n) is 1.65. The molecule has 3 N–H and O–H groups in total. The first kappa shape index (κ1) is 15.1. The number of nitrogens with two attached hydrogens (primary N) is 1. The Balaban J connectivity index is 2.17. The molecule has 7 heteroatoms. The van der Waals surface area contributed by atoms with E-state index in [0.29, 0.717) is 5.56 Å². The zero-order chi connectivity index (χ0) is 14.8.